The van der Waals surface area contributed by atoms with Gasteiger partial charge < -0.3 is 15.8 Å². The average Bonchev–Trinajstić information content (AvgIpc) is 2.48. The molecule has 21 heavy (non-hydrogen) atoms. The highest BCUT2D eigenvalue weighted by atomic mass is 16.5. The van der Waals surface area contributed by atoms with Crippen LogP contribution in [-0.4, -0.2) is 18.1 Å². The minimum Gasteiger partial charge on any atom is -0.465 e. The lowest BCUT2D eigenvalue weighted by atomic mass is 10.0. The van der Waals surface area contributed by atoms with Crippen molar-refractivity contribution in [1.29, 1.82) is 0 Å². The maximum atomic E-state index is 11.8. The minimum atomic E-state index is -0.464. The number of pyridine rings is 1. The molecule has 0 aliphatic rings. The third kappa shape index (κ3) is 3.31. The molecule has 0 saturated carbocycles. The van der Waals surface area contributed by atoms with E-state index in [2.05, 4.69) is 10.3 Å². The molecule has 2 rings (SSSR count). The summed E-state index contributed by atoms with van der Waals surface area (Å²) in [6.45, 7) is 4.06. The van der Waals surface area contributed by atoms with Crippen molar-refractivity contribution in [2.45, 2.75) is 19.9 Å². The van der Waals surface area contributed by atoms with Gasteiger partial charge in [-0.05, 0) is 31.0 Å². The van der Waals surface area contributed by atoms with Gasteiger partial charge in [0.25, 0.3) is 0 Å². The molecule has 0 aliphatic carbocycles. The van der Waals surface area contributed by atoms with Crippen LogP contribution in [0.5, 0.6) is 0 Å². The van der Waals surface area contributed by atoms with Gasteiger partial charge in [-0.15, -0.1) is 0 Å². The summed E-state index contributed by atoms with van der Waals surface area (Å²) in [5, 5.41) is 3.24. The fourth-order valence-electron chi connectivity index (χ4n) is 2.22. The molecule has 5 heteroatoms. The largest absolute Gasteiger partial charge is 0.465 e. The second kappa shape index (κ2) is 6.26. The number of aromatic nitrogens is 1. The number of methoxy groups -OCH3 is 1. The van der Waals surface area contributed by atoms with Crippen molar-refractivity contribution in [3.63, 3.8) is 0 Å². The molecular weight excluding hydrogens is 266 g/mol. The quantitative estimate of drug-likeness (QED) is 0.845. The van der Waals surface area contributed by atoms with Crippen molar-refractivity contribution in [3.8, 4) is 0 Å². The highest BCUT2D eigenvalue weighted by molar-refractivity contribution is 5.95. The van der Waals surface area contributed by atoms with Gasteiger partial charge in [-0.1, -0.05) is 24.3 Å². The lowest BCUT2D eigenvalue weighted by Gasteiger charge is -2.18. The summed E-state index contributed by atoms with van der Waals surface area (Å²) in [5.74, 6) is 0.00101. The summed E-state index contributed by atoms with van der Waals surface area (Å²) < 4.78 is 4.77. The lowest BCUT2D eigenvalue weighted by molar-refractivity contribution is 0.0601. The van der Waals surface area contributed by atoms with E-state index in [1.165, 1.54) is 18.9 Å². The summed E-state index contributed by atoms with van der Waals surface area (Å²) in [6.07, 6.45) is 1.51. The van der Waals surface area contributed by atoms with Crippen LogP contribution < -0.4 is 11.1 Å². The van der Waals surface area contributed by atoms with Gasteiger partial charge in [0.1, 0.15) is 11.4 Å². The van der Waals surface area contributed by atoms with Crippen LogP contribution >= 0.6 is 0 Å². The maximum Gasteiger partial charge on any atom is 0.341 e. The Bertz CT molecular complexity index is 656. The Balaban J connectivity index is 2.31. The van der Waals surface area contributed by atoms with E-state index in [1.54, 1.807) is 6.07 Å². The molecule has 0 radical (unpaired) electrons. The molecule has 1 heterocycles. The zero-order valence-corrected chi connectivity index (χ0v) is 12.4. The molecule has 1 atom stereocenters. The van der Waals surface area contributed by atoms with Gasteiger partial charge in [0.15, 0.2) is 0 Å². The first-order valence-electron chi connectivity index (χ1n) is 6.69. The molecule has 0 aliphatic heterocycles. The highest BCUT2D eigenvalue weighted by Crippen LogP contribution is 2.24. The van der Waals surface area contributed by atoms with Gasteiger partial charge in [-0.3, -0.25) is 0 Å². The number of esters is 1. The zero-order chi connectivity index (χ0) is 15.4. The first-order valence-corrected chi connectivity index (χ1v) is 6.69. The maximum absolute atomic E-state index is 11.8. The van der Waals surface area contributed by atoms with E-state index in [9.17, 15) is 4.79 Å². The number of nitrogens with one attached hydrogen (secondary N) is 1. The first-order chi connectivity index (χ1) is 10.0. The predicted octanol–water partition coefficient (Wildman–Crippen LogP) is 2.93. The number of anilines is 2. The van der Waals surface area contributed by atoms with E-state index in [0.717, 1.165) is 5.56 Å². The van der Waals surface area contributed by atoms with Crippen LogP contribution in [0.3, 0.4) is 0 Å². The van der Waals surface area contributed by atoms with Crippen molar-refractivity contribution < 1.29 is 9.53 Å². The van der Waals surface area contributed by atoms with Gasteiger partial charge in [0, 0.05) is 0 Å². The van der Waals surface area contributed by atoms with E-state index in [4.69, 9.17) is 10.5 Å². The minimum absolute atomic E-state index is 0.00531. The second-order valence-electron chi connectivity index (χ2n) is 4.88. The molecule has 0 fully saturated rings. The van der Waals surface area contributed by atoms with Crippen molar-refractivity contribution in [2.24, 2.45) is 0 Å². The van der Waals surface area contributed by atoms with E-state index in [1.807, 2.05) is 38.1 Å². The number of aryl methyl sites for hydroxylation is 1. The number of nitrogens with zero attached hydrogens (tertiary/aromatic N) is 1. The second-order valence-corrected chi connectivity index (χ2v) is 4.88. The van der Waals surface area contributed by atoms with Gasteiger partial charge in [-0.2, -0.15) is 0 Å². The van der Waals surface area contributed by atoms with Crippen LogP contribution in [0, 0.1) is 6.92 Å². The number of ether oxygens (including phenoxy) is 1. The molecule has 1 aromatic heterocycles. The summed E-state index contributed by atoms with van der Waals surface area (Å²) in [4.78, 5) is 16.0. The van der Waals surface area contributed by atoms with Crippen molar-refractivity contribution >= 4 is 17.5 Å². The van der Waals surface area contributed by atoms with Crippen LogP contribution in [0.2, 0.25) is 0 Å². The molecule has 0 bridgehead atoms. The van der Waals surface area contributed by atoms with Gasteiger partial charge in [0.2, 0.25) is 0 Å². The van der Waals surface area contributed by atoms with Crippen molar-refractivity contribution in [3.05, 3.63) is 53.2 Å². The molecule has 3 N–H and O–H groups in total. The smallest absolute Gasteiger partial charge is 0.341 e. The molecule has 110 valence electrons. The van der Waals surface area contributed by atoms with Crippen LogP contribution in [0.1, 0.15) is 34.5 Å². The zero-order valence-electron chi connectivity index (χ0n) is 12.4. The lowest BCUT2D eigenvalue weighted by Crippen LogP contribution is -2.14. The Morgan fingerprint density at radius 2 is 2.10 bits per heavy atom. The van der Waals surface area contributed by atoms with Crippen molar-refractivity contribution in [1.82, 2.24) is 4.98 Å². The Morgan fingerprint density at radius 1 is 1.38 bits per heavy atom. The first kappa shape index (κ1) is 14.8. The third-order valence-electron chi connectivity index (χ3n) is 3.32. The number of carbonyl (C=O) groups excluding carboxylic acids is 1. The number of carbonyl (C=O) groups is 1. The predicted molar refractivity (Wildman–Crippen MR) is 83.2 cm³/mol. The number of benzene rings is 1. The van der Waals surface area contributed by atoms with Crippen LogP contribution in [0.15, 0.2) is 36.5 Å². The molecular formula is C16H19N3O2. The fourth-order valence-corrected chi connectivity index (χ4v) is 2.22. The molecule has 1 aromatic carbocycles. The van der Waals surface area contributed by atoms with Crippen LogP contribution in [0.4, 0.5) is 11.5 Å². The summed E-state index contributed by atoms with van der Waals surface area (Å²) >= 11 is 0. The standard InChI is InChI=1S/C16H19N3O2/c1-10-6-4-5-7-13(10)11(2)19-15-14(16(20)21-3)8-12(17)9-18-15/h4-9,11H,17H2,1-3H3,(H,18,19). The Kier molecular flexibility index (Phi) is 4.42. The van der Waals surface area contributed by atoms with E-state index < -0.39 is 5.97 Å². The van der Waals surface area contributed by atoms with Crippen LogP contribution in [0.25, 0.3) is 0 Å². The molecule has 0 saturated heterocycles. The van der Waals surface area contributed by atoms with E-state index >= 15 is 0 Å². The number of nitrogens with two attached hydrogens (primary N) is 1. The van der Waals surface area contributed by atoms with Gasteiger partial charge in [0.05, 0.1) is 25.0 Å². The summed E-state index contributed by atoms with van der Waals surface area (Å²) in [6, 6.07) is 9.63. The average molecular weight is 285 g/mol. The normalized spacial score (nSPS) is 11.8. The number of nitrogen functional groups attached to an aromatic ring is 1. The fraction of sp³-hybridized carbons (Fsp3) is 0.250. The number of hydrogen-bond acceptors (Lipinski definition) is 5. The topological polar surface area (TPSA) is 77.2 Å². The molecule has 2 aromatic rings. The number of hydrogen-bond donors (Lipinski definition) is 2. The Morgan fingerprint density at radius 3 is 2.76 bits per heavy atom. The number of rotatable bonds is 4. The summed E-state index contributed by atoms with van der Waals surface area (Å²) in [5.41, 5.74) is 8.76. The molecule has 5 nitrogen and oxygen atoms in total. The highest BCUT2D eigenvalue weighted by Gasteiger charge is 2.16. The Labute approximate surface area is 124 Å². The van der Waals surface area contributed by atoms with E-state index in [0.29, 0.717) is 17.1 Å². The van der Waals surface area contributed by atoms with E-state index in [-0.39, 0.29) is 6.04 Å². The summed E-state index contributed by atoms with van der Waals surface area (Å²) in [7, 11) is 1.33. The van der Waals surface area contributed by atoms with Crippen molar-refractivity contribution in [2.75, 3.05) is 18.2 Å². The van der Waals surface area contributed by atoms with Crippen LogP contribution in [-0.2, 0) is 4.74 Å². The monoisotopic (exact) mass is 285 g/mol. The third-order valence-corrected chi connectivity index (χ3v) is 3.32. The SMILES string of the molecule is COC(=O)c1cc(N)cnc1NC(C)c1ccccc1C. The molecule has 0 spiro atoms. The molecule has 0 amide bonds. The van der Waals surface area contributed by atoms with Gasteiger partial charge in [-0.25, -0.2) is 9.78 Å². The molecule has 1 unspecified atom stereocenters. The Hall–Kier alpha value is -2.56. The van der Waals surface area contributed by atoms with Gasteiger partial charge >= 0.3 is 5.97 Å².